The van der Waals surface area contributed by atoms with E-state index in [2.05, 4.69) is 16.0 Å². The molecule has 92 valence electrons. The van der Waals surface area contributed by atoms with Crippen LogP contribution in [-0.2, 0) is 0 Å². The molecule has 17 heavy (non-hydrogen) atoms. The number of carbonyl (C=O) groups excluding carboxylic acids is 1. The standard InChI is InChI=1S/C12H16ClN3O/c13-9-3-5-10(6-4-9)15-12(17)16-11-2-1-7-14-8-11/h3-6,11,14H,1-2,7-8H2,(H2,15,16,17)/t11-/m0/s1. The zero-order valence-electron chi connectivity index (χ0n) is 9.50. The number of anilines is 1. The summed E-state index contributed by atoms with van der Waals surface area (Å²) in [4.78, 5) is 11.7. The molecule has 0 spiro atoms. The van der Waals surface area contributed by atoms with Gasteiger partial charge in [-0.25, -0.2) is 4.79 Å². The molecule has 3 N–H and O–H groups in total. The van der Waals surface area contributed by atoms with Gasteiger partial charge in [0.15, 0.2) is 0 Å². The van der Waals surface area contributed by atoms with E-state index in [4.69, 9.17) is 11.6 Å². The zero-order chi connectivity index (χ0) is 12.1. The van der Waals surface area contributed by atoms with Crippen LogP contribution in [0, 0.1) is 0 Å². The maximum Gasteiger partial charge on any atom is 0.319 e. The molecule has 1 aliphatic heterocycles. The normalized spacial score (nSPS) is 19.7. The monoisotopic (exact) mass is 253 g/mol. The molecule has 0 bridgehead atoms. The second kappa shape index (κ2) is 5.89. The van der Waals surface area contributed by atoms with Crippen LogP contribution in [0.5, 0.6) is 0 Å². The predicted octanol–water partition coefficient (Wildman–Crippen LogP) is 2.21. The van der Waals surface area contributed by atoms with Crippen molar-refractivity contribution in [3.63, 3.8) is 0 Å². The molecule has 0 radical (unpaired) electrons. The highest BCUT2D eigenvalue weighted by atomic mass is 35.5. The van der Waals surface area contributed by atoms with Crippen LogP contribution in [0.1, 0.15) is 12.8 Å². The van der Waals surface area contributed by atoms with Crippen LogP contribution in [0.2, 0.25) is 5.02 Å². The lowest BCUT2D eigenvalue weighted by Crippen LogP contribution is -2.47. The van der Waals surface area contributed by atoms with Gasteiger partial charge in [0.25, 0.3) is 0 Å². The molecule has 1 aliphatic rings. The van der Waals surface area contributed by atoms with E-state index in [0.29, 0.717) is 5.02 Å². The molecule has 1 fully saturated rings. The molecule has 1 atom stereocenters. The highest BCUT2D eigenvalue weighted by Crippen LogP contribution is 2.13. The molecule has 2 rings (SSSR count). The molecule has 1 aromatic rings. The summed E-state index contributed by atoms with van der Waals surface area (Å²) in [7, 11) is 0. The topological polar surface area (TPSA) is 53.2 Å². The van der Waals surface area contributed by atoms with Crippen molar-refractivity contribution >= 4 is 23.3 Å². The van der Waals surface area contributed by atoms with Crippen molar-refractivity contribution in [2.45, 2.75) is 18.9 Å². The van der Waals surface area contributed by atoms with E-state index in [1.165, 1.54) is 0 Å². The van der Waals surface area contributed by atoms with Gasteiger partial charge in [-0.05, 0) is 43.7 Å². The van der Waals surface area contributed by atoms with Crippen LogP contribution < -0.4 is 16.0 Å². The van der Waals surface area contributed by atoms with Crippen molar-refractivity contribution in [2.24, 2.45) is 0 Å². The summed E-state index contributed by atoms with van der Waals surface area (Å²) >= 11 is 5.77. The Hall–Kier alpha value is -1.26. The van der Waals surface area contributed by atoms with Crippen LogP contribution in [0.15, 0.2) is 24.3 Å². The number of carbonyl (C=O) groups is 1. The molecule has 5 heteroatoms. The number of nitrogens with one attached hydrogen (secondary N) is 3. The minimum atomic E-state index is -0.166. The van der Waals surface area contributed by atoms with Gasteiger partial charge in [0.05, 0.1) is 0 Å². The van der Waals surface area contributed by atoms with Gasteiger partial charge < -0.3 is 16.0 Å². The number of rotatable bonds is 2. The fourth-order valence-corrected chi connectivity index (χ4v) is 1.99. The summed E-state index contributed by atoms with van der Waals surface area (Å²) in [5, 5.41) is 9.63. The van der Waals surface area contributed by atoms with Crippen molar-refractivity contribution in [3.05, 3.63) is 29.3 Å². The van der Waals surface area contributed by atoms with E-state index in [1.54, 1.807) is 24.3 Å². The summed E-state index contributed by atoms with van der Waals surface area (Å²) in [5.74, 6) is 0. The molecule has 0 aromatic heterocycles. The van der Waals surface area contributed by atoms with Crippen LogP contribution in [0.3, 0.4) is 0 Å². The second-order valence-electron chi connectivity index (χ2n) is 4.15. The van der Waals surface area contributed by atoms with E-state index in [1.807, 2.05) is 0 Å². The first-order valence-corrected chi connectivity index (χ1v) is 6.15. The van der Waals surface area contributed by atoms with Gasteiger partial charge in [-0.3, -0.25) is 0 Å². The number of piperidine rings is 1. The van der Waals surface area contributed by atoms with Crippen molar-refractivity contribution in [1.29, 1.82) is 0 Å². The van der Waals surface area contributed by atoms with E-state index in [9.17, 15) is 4.79 Å². The van der Waals surface area contributed by atoms with E-state index >= 15 is 0 Å². The Labute approximate surface area is 106 Å². The molecule has 2 amide bonds. The number of amides is 2. The van der Waals surface area contributed by atoms with Crippen molar-refractivity contribution in [2.75, 3.05) is 18.4 Å². The first kappa shape index (κ1) is 12.2. The summed E-state index contributed by atoms with van der Waals surface area (Å²) in [5.41, 5.74) is 0.746. The molecule has 0 saturated carbocycles. The lowest BCUT2D eigenvalue weighted by atomic mass is 10.1. The van der Waals surface area contributed by atoms with Crippen LogP contribution in [0.25, 0.3) is 0 Å². The number of urea groups is 1. The average Bonchev–Trinajstić information content (AvgIpc) is 2.33. The SMILES string of the molecule is O=C(Nc1ccc(Cl)cc1)N[C@H]1CCCNC1. The quantitative estimate of drug-likeness (QED) is 0.757. The largest absolute Gasteiger partial charge is 0.334 e. The van der Waals surface area contributed by atoms with Crippen LogP contribution >= 0.6 is 11.6 Å². The number of hydrogen-bond acceptors (Lipinski definition) is 2. The Kier molecular flexibility index (Phi) is 4.23. The Morgan fingerprint density at radius 3 is 2.76 bits per heavy atom. The number of benzene rings is 1. The summed E-state index contributed by atoms with van der Waals surface area (Å²) in [6.07, 6.45) is 2.13. The first-order valence-electron chi connectivity index (χ1n) is 5.78. The third kappa shape index (κ3) is 3.91. The Balaban J connectivity index is 1.82. The molecule has 1 heterocycles. The van der Waals surface area contributed by atoms with Gasteiger partial charge >= 0.3 is 6.03 Å². The van der Waals surface area contributed by atoms with Gasteiger partial charge in [-0.1, -0.05) is 11.6 Å². The molecule has 4 nitrogen and oxygen atoms in total. The minimum Gasteiger partial charge on any atom is -0.334 e. The fraction of sp³-hybridized carbons (Fsp3) is 0.417. The Morgan fingerprint density at radius 1 is 1.35 bits per heavy atom. The van der Waals surface area contributed by atoms with Gasteiger partial charge in [0, 0.05) is 23.3 Å². The second-order valence-corrected chi connectivity index (χ2v) is 4.59. The van der Waals surface area contributed by atoms with E-state index < -0.39 is 0 Å². The zero-order valence-corrected chi connectivity index (χ0v) is 10.3. The summed E-state index contributed by atoms with van der Waals surface area (Å²) in [6, 6.07) is 7.11. The maximum absolute atomic E-state index is 11.7. The van der Waals surface area contributed by atoms with Crippen molar-refractivity contribution in [3.8, 4) is 0 Å². The lowest BCUT2D eigenvalue weighted by Gasteiger charge is -2.23. The van der Waals surface area contributed by atoms with Gasteiger partial charge in [0.1, 0.15) is 0 Å². The van der Waals surface area contributed by atoms with E-state index in [0.717, 1.165) is 31.6 Å². The molecule has 1 aromatic carbocycles. The first-order chi connectivity index (χ1) is 8.24. The fourth-order valence-electron chi connectivity index (χ4n) is 1.86. The van der Waals surface area contributed by atoms with Gasteiger partial charge in [-0.15, -0.1) is 0 Å². The average molecular weight is 254 g/mol. The third-order valence-electron chi connectivity index (χ3n) is 2.73. The third-order valence-corrected chi connectivity index (χ3v) is 2.99. The molecule has 0 unspecified atom stereocenters. The minimum absolute atomic E-state index is 0.166. The maximum atomic E-state index is 11.7. The van der Waals surface area contributed by atoms with Crippen LogP contribution in [0.4, 0.5) is 10.5 Å². The predicted molar refractivity (Wildman–Crippen MR) is 69.5 cm³/mol. The molecule has 1 saturated heterocycles. The smallest absolute Gasteiger partial charge is 0.319 e. The Morgan fingerprint density at radius 2 is 2.12 bits per heavy atom. The van der Waals surface area contributed by atoms with Crippen molar-refractivity contribution < 1.29 is 4.79 Å². The highest BCUT2D eigenvalue weighted by Gasteiger charge is 2.14. The number of halogens is 1. The number of hydrogen-bond donors (Lipinski definition) is 3. The van der Waals surface area contributed by atoms with Crippen LogP contribution in [-0.4, -0.2) is 25.2 Å². The van der Waals surface area contributed by atoms with Gasteiger partial charge in [-0.2, -0.15) is 0 Å². The summed E-state index contributed by atoms with van der Waals surface area (Å²) in [6.45, 7) is 1.88. The molecular formula is C12H16ClN3O. The Bertz CT molecular complexity index is 374. The van der Waals surface area contributed by atoms with Crippen molar-refractivity contribution in [1.82, 2.24) is 10.6 Å². The highest BCUT2D eigenvalue weighted by molar-refractivity contribution is 6.30. The van der Waals surface area contributed by atoms with E-state index in [-0.39, 0.29) is 12.1 Å². The molecular weight excluding hydrogens is 238 g/mol. The lowest BCUT2D eigenvalue weighted by molar-refractivity contribution is 0.245. The summed E-state index contributed by atoms with van der Waals surface area (Å²) < 4.78 is 0. The van der Waals surface area contributed by atoms with Gasteiger partial charge in [0.2, 0.25) is 0 Å². The molecule has 0 aliphatic carbocycles.